The highest BCUT2D eigenvalue weighted by atomic mass is 31.2. The normalized spacial score (nSPS) is 14.2. The highest BCUT2D eigenvalue weighted by Gasteiger charge is 2.21. The van der Waals surface area contributed by atoms with Gasteiger partial charge in [-0.15, -0.1) is 0 Å². The van der Waals surface area contributed by atoms with Gasteiger partial charge in [-0.1, -0.05) is 158 Å². The van der Waals surface area contributed by atoms with E-state index in [4.69, 9.17) is 18.5 Å². The number of likely N-dealkylation sites (N-methyl/N-ethyl adjacent to an activating group) is 1. The van der Waals surface area contributed by atoms with Crippen molar-refractivity contribution in [2.75, 3.05) is 47.5 Å². The van der Waals surface area contributed by atoms with Gasteiger partial charge in [0.15, 0.2) is 6.10 Å². The lowest BCUT2D eigenvalue weighted by atomic mass is 10.0. The van der Waals surface area contributed by atoms with Crippen LogP contribution in [0.4, 0.5) is 0 Å². The van der Waals surface area contributed by atoms with Gasteiger partial charge in [0.05, 0.1) is 27.7 Å². The predicted molar refractivity (Wildman–Crippen MR) is 231 cm³/mol. The zero-order chi connectivity index (χ0) is 41.4. The van der Waals surface area contributed by atoms with E-state index < -0.39 is 32.5 Å². The average molecular weight is 808 g/mol. The van der Waals surface area contributed by atoms with E-state index in [1.165, 1.54) is 64.2 Å². The number of unbranched alkanes of at least 4 members (excludes halogenated alkanes) is 15. The van der Waals surface area contributed by atoms with Crippen LogP contribution in [0.5, 0.6) is 0 Å². The molecule has 0 amide bonds. The second-order valence-corrected chi connectivity index (χ2v) is 17.1. The van der Waals surface area contributed by atoms with Crippen molar-refractivity contribution in [2.45, 2.75) is 174 Å². The lowest BCUT2D eigenvalue weighted by Crippen LogP contribution is -2.37. The number of nitrogens with zero attached hydrogens (tertiary/aromatic N) is 1. The summed E-state index contributed by atoms with van der Waals surface area (Å²) in [6.45, 7) is 4.06. The molecule has 0 aliphatic rings. The molecule has 2 atom stereocenters. The first-order valence-corrected chi connectivity index (χ1v) is 23.5. The number of hydrogen-bond acceptors (Lipinski definition) is 8. The number of ether oxygens (including phenoxy) is 2. The molecule has 0 aromatic heterocycles. The summed E-state index contributed by atoms with van der Waals surface area (Å²) in [7, 11) is 1.14. The molecule has 0 saturated carbocycles. The SMILES string of the molecule is CC/C=C\C/C=C\C/C=C\C/C=C\C/C=C\CCCCCC(=O)OC(COC(=O)CCCCCCCCCCCCCCC)COP(=O)([O-])OCC[N+](C)(C)C. The molecule has 0 aromatic carbocycles. The molecule has 324 valence electrons. The summed E-state index contributed by atoms with van der Waals surface area (Å²) in [5.41, 5.74) is 0. The summed E-state index contributed by atoms with van der Waals surface area (Å²) >= 11 is 0. The minimum atomic E-state index is -4.63. The topological polar surface area (TPSA) is 111 Å². The van der Waals surface area contributed by atoms with E-state index in [0.717, 1.165) is 70.6 Å². The number of carbonyl (C=O) groups excluding carboxylic acids is 2. The monoisotopic (exact) mass is 808 g/mol. The van der Waals surface area contributed by atoms with Gasteiger partial charge in [0.25, 0.3) is 7.82 Å². The zero-order valence-corrected chi connectivity index (χ0v) is 37.2. The van der Waals surface area contributed by atoms with Crippen LogP contribution in [-0.4, -0.2) is 70.0 Å². The molecule has 10 heteroatoms. The maximum absolute atomic E-state index is 12.7. The summed E-state index contributed by atoms with van der Waals surface area (Å²) in [6.07, 6.45) is 45.3. The van der Waals surface area contributed by atoms with Crippen LogP contribution < -0.4 is 4.89 Å². The van der Waals surface area contributed by atoms with Crippen LogP contribution in [-0.2, 0) is 32.7 Å². The second-order valence-electron chi connectivity index (χ2n) is 15.7. The fraction of sp³-hybridized carbons (Fsp3) is 0.739. The quantitative estimate of drug-likeness (QED) is 0.0198. The van der Waals surface area contributed by atoms with Crippen molar-refractivity contribution in [1.29, 1.82) is 0 Å². The summed E-state index contributed by atoms with van der Waals surface area (Å²) in [5, 5.41) is 0. The Hall–Kier alpha value is -2.29. The van der Waals surface area contributed by atoms with E-state index in [0.29, 0.717) is 17.4 Å². The third-order valence-corrected chi connectivity index (χ3v) is 10.0. The number of esters is 2. The van der Waals surface area contributed by atoms with E-state index in [9.17, 15) is 19.0 Å². The Morgan fingerprint density at radius 3 is 1.52 bits per heavy atom. The Labute approximate surface area is 343 Å². The van der Waals surface area contributed by atoms with Gasteiger partial charge < -0.3 is 27.9 Å². The van der Waals surface area contributed by atoms with E-state index >= 15 is 0 Å². The lowest BCUT2D eigenvalue weighted by molar-refractivity contribution is -0.870. The second kappa shape index (κ2) is 38.2. The summed E-state index contributed by atoms with van der Waals surface area (Å²) < 4.78 is 33.8. The highest BCUT2D eigenvalue weighted by molar-refractivity contribution is 7.45. The van der Waals surface area contributed by atoms with Crippen molar-refractivity contribution in [2.24, 2.45) is 0 Å². The maximum Gasteiger partial charge on any atom is 0.306 e. The van der Waals surface area contributed by atoms with Gasteiger partial charge in [0.2, 0.25) is 0 Å². The van der Waals surface area contributed by atoms with Crippen molar-refractivity contribution in [3.8, 4) is 0 Å². The van der Waals surface area contributed by atoms with Crippen LogP contribution in [0.1, 0.15) is 168 Å². The molecule has 2 unspecified atom stereocenters. The number of phosphoric acid groups is 1. The molecule has 0 aliphatic carbocycles. The van der Waals surface area contributed by atoms with Crippen molar-refractivity contribution >= 4 is 19.8 Å². The Morgan fingerprint density at radius 1 is 0.571 bits per heavy atom. The molecule has 0 bridgehead atoms. The van der Waals surface area contributed by atoms with Crippen LogP contribution in [0.15, 0.2) is 60.8 Å². The van der Waals surface area contributed by atoms with E-state index in [1.54, 1.807) is 0 Å². The van der Waals surface area contributed by atoms with Crippen LogP contribution in [0, 0.1) is 0 Å². The van der Waals surface area contributed by atoms with Crippen molar-refractivity contribution < 1.29 is 42.1 Å². The summed E-state index contributed by atoms with van der Waals surface area (Å²) in [5.74, 6) is -0.874. The highest BCUT2D eigenvalue weighted by Crippen LogP contribution is 2.38. The predicted octanol–water partition coefficient (Wildman–Crippen LogP) is 11.8. The molecule has 56 heavy (non-hydrogen) atoms. The summed E-state index contributed by atoms with van der Waals surface area (Å²) in [6, 6.07) is 0. The molecule has 0 N–H and O–H groups in total. The first-order chi connectivity index (χ1) is 27.0. The largest absolute Gasteiger partial charge is 0.756 e. The number of rotatable bonds is 39. The third-order valence-electron chi connectivity index (χ3n) is 9.05. The molecule has 0 fully saturated rings. The third kappa shape index (κ3) is 41.3. The standard InChI is InChI=1S/C46H82NO8P/c1-6-8-10-12-14-16-18-20-21-22-23-24-25-27-29-31-33-35-37-39-46(49)55-44(43-54-56(50,51)53-41-40-47(3,4)5)42-52-45(48)38-36-34-32-30-28-26-19-17-15-13-11-9-7-2/h8,10,14,16,20-21,23-24,27,29,44H,6-7,9,11-13,15,17-19,22,25-26,28,30-43H2,1-5H3/b10-8-,16-14-,21-20-,24-23-,29-27-. The first kappa shape index (κ1) is 53.7. The maximum atomic E-state index is 12.7. The van der Waals surface area contributed by atoms with Gasteiger partial charge in [-0.2, -0.15) is 0 Å². The first-order valence-electron chi connectivity index (χ1n) is 22.0. The lowest BCUT2D eigenvalue weighted by Gasteiger charge is -2.28. The fourth-order valence-corrected chi connectivity index (χ4v) is 6.35. The molecule has 0 aliphatic heterocycles. The minimum Gasteiger partial charge on any atom is -0.756 e. The molecule has 0 saturated heterocycles. The summed E-state index contributed by atoms with van der Waals surface area (Å²) in [4.78, 5) is 37.5. The molecule has 0 spiro atoms. The molecule has 0 radical (unpaired) electrons. The fourth-order valence-electron chi connectivity index (χ4n) is 5.62. The van der Waals surface area contributed by atoms with Crippen LogP contribution in [0.25, 0.3) is 0 Å². The number of phosphoric ester groups is 1. The molecule has 9 nitrogen and oxygen atoms in total. The van der Waals surface area contributed by atoms with Gasteiger partial charge >= 0.3 is 11.9 Å². The van der Waals surface area contributed by atoms with Gasteiger partial charge in [-0.3, -0.25) is 14.2 Å². The Morgan fingerprint density at radius 2 is 1.02 bits per heavy atom. The van der Waals surface area contributed by atoms with Crippen LogP contribution in [0.2, 0.25) is 0 Å². The van der Waals surface area contributed by atoms with Crippen LogP contribution in [0.3, 0.4) is 0 Å². The molecule has 0 aromatic rings. The van der Waals surface area contributed by atoms with Crippen molar-refractivity contribution in [1.82, 2.24) is 0 Å². The molecular weight excluding hydrogens is 725 g/mol. The van der Waals surface area contributed by atoms with Crippen molar-refractivity contribution in [3.63, 3.8) is 0 Å². The number of quaternary nitrogens is 1. The zero-order valence-electron chi connectivity index (χ0n) is 36.3. The Kier molecular flexibility index (Phi) is 36.7. The Balaban J connectivity index is 4.43. The van der Waals surface area contributed by atoms with Crippen molar-refractivity contribution in [3.05, 3.63) is 60.8 Å². The number of hydrogen-bond donors (Lipinski definition) is 0. The van der Waals surface area contributed by atoms with Gasteiger partial charge in [0, 0.05) is 12.8 Å². The average Bonchev–Trinajstić information content (AvgIpc) is 3.15. The number of allylic oxidation sites excluding steroid dienone is 10. The molecule has 0 rings (SSSR count). The molecular formula is C46H82NO8P. The van der Waals surface area contributed by atoms with E-state index in [2.05, 4.69) is 74.6 Å². The molecule has 0 heterocycles. The van der Waals surface area contributed by atoms with Gasteiger partial charge in [0.1, 0.15) is 19.8 Å². The van der Waals surface area contributed by atoms with E-state index in [-0.39, 0.29) is 26.1 Å². The van der Waals surface area contributed by atoms with Gasteiger partial charge in [-0.25, -0.2) is 0 Å². The van der Waals surface area contributed by atoms with Crippen LogP contribution >= 0.6 is 7.82 Å². The minimum absolute atomic E-state index is 0.0392. The van der Waals surface area contributed by atoms with Gasteiger partial charge in [-0.05, 0) is 57.8 Å². The Bertz CT molecular complexity index is 1140. The smallest absolute Gasteiger partial charge is 0.306 e. The number of carbonyl (C=O) groups is 2. The van der Waals surface area contributed by atoms with E-state index in [1.807, 2.05) is 21.1 Å².